The summed E-state index contributed by atoms with van der Waals surface area (Å²) in [6.07, 6.45) is 0. The number of hydrogen-bond donors (Lipinski definition) is 0. The van der Waals surface area contributed by atoms with Crippen LogP contribution in [0, 0.1) is 0 Å². The van der Waals surface area contributed by atoms with E-state index >= 15 is 0 Å². The van der Waals surface area contributed by atoms with Gasteiger partial charge in [0.2, 0.25) is 0 Å². The third-order valence-electron chi connectivity index (χ3n) is 2.68. The van der Waals surface area contributed by atoms with E-state index in [1.165, 1.54) is 11.4 Å². The standard InChI is InChI=1S/C10H16N2S4/c1-7-5-13-9(11(7)3)15-16-10-12(4)8(2)6-14-10/h5-6,9-10H,1-4H3. The van der Waals surface area contributed by atoms with Gasteiger partial charge in [0, 0.05) is 25.5 Å². The van der Waals surface area contributed by atoms with Gasteiger partial charge in [-0.15, -0.1) is 0 Å². The topological polar surface area (TPSA) is 6.48 Å². The molecule has 0 saturated carbocycles. The lowest BCUT2D eigenvalue weighted by molar-refractivity contribution is 0.478. The van der Waals surface area contributed by atoms with Crippen molar-refractivity contribution in [2.24, 2.45) is 0 Å². The highest BCUT2D eigenvalue weighted by atomic mass is 33.1. The van der Waals surface area contributed by atoms with Crippen LogP contribution in [0.25, 0.3) is 0 Å². The molecule has 0 aromatic carbocycles. The summed E-state index contributed by atoms with van der Waals surface area (Å²) in [4.78, 5) is 4.67. The van der Waals surface area contributed by atoms with Crippen molar-refractivity contribution in [2.45, 2.75) is 23.3 Å². The molecule has 0 bridgehead atoms. The van der Waals surface area contributed by atoms with Gasteiger partial charge in [-0.25, -0.2) is 0 Å². The first kappa shape index (κ1) is 12.9. The molecule has 0 saturated heterocycles. The van der Waals surface area contributed by atoms with Crippen LogP contribution in [0.15, 0.2) is 22.2 Å². The Balaban J connectivity index is 1.77. The third-order valence-corrected chi connectivity index (χ3v) is 9.20. The highest BCUT2D eigenvalue weighted by Gasteiger charge is 2.26. The predicted octanol–water partition coefficient (Wildman–Crippen LogP) is 4.01. The van der Waals surface area contributed by atoms with E-state index in [0.717, 1.165) is 0 Å². The zero-order valence-electron chi connectivity index (χ0n) is 9.84. The van der Waals surface area contributed by atoms with Gasteiger partial charge in [0.05, 0.1) is 0 Å². The second-order valence-corrected chi connectivity index (χ2v) is 8.76. The molecule has 2 heterocycles. The summed E-state index contributed by atoms with van der Waals surface area (Å²) in [5, 5.41) is 4.49. The normalized spacial score (nSPS) is 29.8. The predicted molar refractivity (Wildman–Crippen MR) is 81.0 cm³/mol. The largest absolute Gasteiger partial charge is 0.356 e. The monoisotopic (exact) mass is 292 g/mol. The van der Waals surface area contributed by atoms with Gasteiger partial charge in [0.25, 0.3) is 0 Å². The van der Waals surface area contributed by atoms with Crippen molar-refractivity contribution >= 4 is 45.1 Å². The van der Waals surface area contributed by atoms with Crippen LogP contribution in [0.4, 0.5) is 0 Å². The van der Waals surface area contributed by atoms with E-state index in [9.17, 15) is 0 Å². The minimum Gasteiger partial charge on any atom is -0.356 e. The maximum Gasteiger partial charge on any atom is 0.136 e. The zero-order chi connectivity index (χ0) is 11.7. The fourth-order valence-corrected chi connectivity index (χ4v) is 7.38. The molecule has 2 nitrogen and oxygen atoms in total. The lowest BCUT2D eigenvalue weighted by Gasteiger charge is -2.26. The van der Waals surface area contributed by atoms with E-state index in [-0.39, 0.29) is 0 Å². The Kier molecular flexibility index (Phi) is 4.38. The summed E-state index contributed by atoms with van der Waals surface area (Å²) in [6.45, 7) is 4.33. The van der Waals surface area contributed by atoms with Crippen molar-refractivity contribution in [3.8, 4) is 0 Å². The van der Waals surface area contributed by atoms with Gasteiger partial charge in [0.15, 0.2) is 0 Å². The van der Waals surface area contributed by atoms with Crippen LogP contribution in [0.1, 0.15) is 13.8 Å². The first-order valence-corrected chi connectivity index (χ1v) is 9.18. The van der Waals surface area contributed by atoms with Crippen LogP contribution >= 0.6 is 45.1 Å². The van der Waals surface area contributed by atoms with Crippen molar-refractivity contribution in [3.05, 3.63) is 22.2 Å². The van der Waals surface area contributed by atoms with Gasteiger partial charge < -0.3 is 9.80 Å². The number of thioether (sulfide) groups is 2. The van der Waals surface area contributed by atoms with Crippen LogP contribution in [0.5, 0.6) is 0 Å². The van der Waals surface area contributed by atoms with Crippen molar-refractivity contribution in [1.82, 2.24) is 9.80 Å². The molecule has 0 spiro atoms. The maximum atomic E-state index is 2.34. The van der Waals surface area contributed by atoms with E-state index in [1.54, 1.807) is 0 Å². The summed E-state index contributed by atoms with van der Waals surface area (Å²) in [5.74, 6) is 0. The van der Waals surface area contributed by atoms with Crippen LogP contribution < -0.4 is 0 Å². The van der Waals surface area contributed by atoms with Gasteiger partial charge in [0.1, 0.15) is 9.41 Å². The zero-order valence-corrected chi connectivity index (χ0v) is 13.1. The Morgan fingerprint density at radius 1 is 0.938 bits per heavy atom. The van der Waals surface area contributed by atoms with E-state index in [4.69, 9.17) is 0 Å². The first-order chi connectivity index (χ1) is 7.59. The second kappa shape index (κ2) is 5.42. The molecule has 6 heteroatoms. The molecular weight excluding hydrogens is 276 g/mol. The van der Waals surface area contributed by atoms with E-state index in [2.05, 4.69) is 48.6 Å². The smallest absolute Gasteiger partial charge is 0.136 e. The molecule has 0 aliphatic carbocycles. The molecule has 90 valence electrons. The number of hydrogen-bond acceptors (Lipinski definition) is 6. The van der Waals surface area contributed by atoms with Gasteiger partial charge in [-0.05, 0) is 24.7 Å². The first-order valence-electron chi connectivity index (χ1n) is 5.02. The molecule has 2 unspecified atom stereocenters. The number of nitrogens with zero attached hydrogens (tertiary/aromatic N) is 2. The SMILES string of the molecule is CC1=CSC(SSC2SC=C(C)N2C)N1C. The summed E-state index contributed by atoms with van der Waals surface area (Å²) in [6, 6.07) is 0. The molecule has 2 aliphatic rings. The molecular formula is C10H16N2S4. The molecule has 0 radical (unpaired) electrons. The molecule has 2 aliphatic heterocycles. The maximum absolute atomic E-state index is 2.34. The Bertz CT molecular complexity index is 297. The molecule has 0 aromatic rings. The number of allylic oxidation sites excluding steroid dienone is 2. The van der Waals surface area contributed by atoms with Gasteiger partial charge >= 0.3 is 0 Å². The minimum absolute atomic E-state index is 0.528. The molecule has 2 atom stereocenters. The number of rotatable bonds is 3. The fraction of sp³-hybridized carbons (Fsp3) is 0.600. The summed E-state index contributed by atoms with van der Waals surface area (Å²) in [7, 11) is 8.24. The fourth-order valence-electron chi connectivity index (χ4n) is 1.26. The molecule has 0 N–H and O–H groups in total. The van der Waals surface area contributed by atoms with Crippen LogP contribution in [-0.4, -0.2) is 33.3 Å². The van der Waals surface area contributed by atoms with Gasteiger partial charge in [-0.1, -0.05) is 45.1 Å². The Hall–Kier alpha value is 0.480. The minimum atomic E-state index is 0.528. The van der Waals surface area contributed by atoms with E-state index < -0.39 is 0 Å². The summed E-state index contributed by atoms with van der Waals surface area (Å²) < 4.78 is 1.06. The molecule has 0 aromatic heterocycles. The van der Waals surface area contributed by atoms with Crippen molar-refractivity contribution < 1.29 is 0 Å². The highest BCUT2D eigenvalue weighted by Crippen LogP contribution is 2.48. The summed E-state index contributed by atoms with van der Waals surface area (Å²) >= 11 is 3.81. The Morgan fingerprint density at radius 3 is 1.56 bits per heavy atom. The Labute approximate surface area is 114 Å². The van der Waals surface area contributed by atoms with E-state index in [0.29, 0.717) is 9.41 Å². The Morgan fingerprint density at radius 2 is 1.31 bits per heavy atom. The van der Waals surface area contributed by atoms with E-state index in [1.807, 2.05) is 45.1 Å². The average Bonchev–Trinajstić information content (AvgIpc) is 2.74. The third kappa shape index (κ3) is 2.66. The molecule has 2 rings (SSSR count). The van der Waals surface area contributed by atoms with Crippen molar-refractivity contribution in [3.63, 3.8) is 0 Å². The quantitative estimate of drug-likeness (QED) is 0.720. The highest BCUT2D eigenvalue weighted by molar-refractivity contribution is 8.80. The lowest BCUT2D eigenvalue weighted by atomic mass is 10.5. The molecule has 0 amide bonds. The van der Waals surface area contributed by atoms with Crippen LogP contribution in [0.3, 0.4) is 0 Å². The van der Waals surface area contributed by atoms with Gasteiger partial charge in [-0.2, -0.15) is 0 Å². The molecule has 16 heavy (non-hydrogen) atoms. The van der Waals surface area contributed by atoms with Gasteiger partial charge in [-0.3, -0.25) is 0 Å². The summed E-state index contributed by atoms with van der Waals surface area (Å²) in [5.41, 5.74) is 2.73. The van der Waals surface area contributed by atoms with Crippen LogP contribution in [0.2, 0.25) is 0 Å². The van der Waals surface area contributed by atoms with Crippen LogP contribution in [-0.2, 0) is 0 Å². The van der Waals surface area contributed by atoms with Crippen molar-refractivity contribution in [1.29, 1.82) is 0 Å². The second-order valence-electron chi connectivity index (χ2n) is 3.82. The van der Waals surface area contributed by atoms with Crippen molar-refractivity contribution in [2.75, 3.05) is 14.1 Å². The lowest BCUT2D eigenvalue weighted by Crippen LogP contribution is -2.22. The molecule has 0 fully saturated rings. The average molecular weight is 293 g/mol.